The fraction of sp³-hybridized carbons (Fsp3) is 0.200. The average Bonchev–Trinajstić information content (AvgIpc) is 1.85. The Morgan fingerprint density at radius 3 is 2.73 bits per heavy atom. The number of hydrogen-bond donors (Lipinski definition) is 0. The summed E-state index contributed by atoms with van der Waals surface area (Å²) in [5, 5.41) is 0. The van der Waals surface area contributed by atoms with E-state index in [1.54, 1.807) is 0 Å². The van der Waals surface area contributed by atoms with Crippen molar-refractivity contribution >= 4 is 15.9 Å². The third-order valence-corrected chi connectivity index (χ3v) is 1.17. The molecule has 0 unspecified atom stereocenters. The summed E-state index contributed by atoms with van der Waals surface area (Å²) in [5.41, 5.74) is 0. The minimum Gasteiger partial charge on any atom is -0.415 e. The van der Waals surface area contributed by atoms with Crippen molar-refractivity contribution in [3.63, 3.8) is 0 Å². The van der Waals surface area contributed by atoms with Crippen LogP contribution in [0.4, 0.5) is 8.78 Å². The zero-order valence-corrected chi connectivity index (χ0v) is 6.75. The third-order valence-electron chi connectivity index (χ3n) is 0.793. The maximum absolute atomic E-state index is 11.5. The summed E-state index contributed by atoms with van der Waals surface area (Å²) < 4.78 is 27.4. The van der Waals surface area contributed by atoms with E-state index in [4.69, 9.17) is 0 Å². The molecule has 0 aliphatic carbocycles. The molecule has 0 aromatic carbocycles. The summed E-state index contributed by atoms with van der Waals surface area (Å²) in [6.45, 7) is -2.86. The molecule has 1 heterocycles. The maximum Gasteiger partial charge on any atom is 0.388 e. The summed E-state index contributed by atoms with van der Waals surface area (Å²) in [7, 11) is 0. The van der Waals surface area contributed by atoms with Crippen LogP contribution < -0.4 is 4.74 Å². The predicted octanol–water partition coefficient (Wildman–Crippen LogP) is 1.84. The Bertz CT molecular complexity index is 246. The zero-order chi connectivity index (χ0) is 8.27. The fourth-order valence-electron chi connectivity index (χ4n) is 0.474. The summed E-state index contributed by atoms with van der Waals surface area (Å²) in [6, 6.07) is 0. The lowest BCUT2D eigenvalue weighted by molar-refractivity contribution is -0.0532. The molecule has 1 rings (SSSR count). The Kier molecular flexibility index (Phi) is 2.70. The molecule has 0 N–H and O–H groups in total. The van der Waals surface area contributed by atoms with Crippen LogP contribution >= 0.6 is 15.9 Å². The highest BCUT2D eigenvalue weighted by Crippen LogP contribution is 2.11. The second-order valence-electron chi connectivity index (χ2n) is 1.56. The molecule has 6 heteroatoms. The molecule has 0 radical (unpaired) electrons. The van der Waals surface area contributed by atoms with Crippen molar-refractivity contribution in [2.24, 2.45) is 0 Å². The highest BCUT2D eigenvalue weighted by atomic mass is 79.9. The van der Waals surface area contributed by atoms with Crippen molar-refractivity contribution in [1.29, 1.82) is 0 Å². The van der Waals surface area contributed by atoms with Crippen LogP contribution in [0.15, 0.2) is 17.0 Å². The fourth-order valence-corrected chi connectivity index (χ4v) is 0.767. The maximum atomic E-state index is 11.5. The molecule has 0 spiro atoms. The van der Waals surface area contributed by atoms with Gasteiger partial charge >= 0.3 is 6.61 Å². The second-order valence-corrected chi connectivity index (χ2v) is 2.37. The van der Waals surface area contributed by atoms with E-state index >= 15 is 0 Å². The minimum atomic E-state index is -2.86. The quantitative estimate of drug-likeness (QED) is 0.770. The molecule has 0 saturated carbocycles. The molecule has 0 atom stereocenters. The standard InChI is InChI=1S/C5H3BrF2N2O/c6-3-1-9-2-4(10-3)11-5(7)8/h1-2,5H. The van der Waals surface area contributed by atoms with Crippen LogP contribution in [-0.4, -0.2) is 16.6 Å². The van der Waals surface area contributed by atoms with Gasteiger partial charge in [-0.05, 0) is 15.9 Å². The van der Waals surface area contributed by atoms with Gasteiger partial charge in [-0.25, -0.2) is 4.98 Å². The Hall–Kier alpha value is -0.780. The first-order valence-electron chi connectivity index (χ1n) is 2.61. The van der Waals surface area contributed by atoms with E-state index in [1.165, 1.54) is 6.20 Å². The van der Waals surface area contributed by atoms with Gasteiger partial charge in [0, 0.05) is 0 Å². The average molecular weight is 225 g/mol. The van der Waals surface area contributed by atoms with Crippen molar-refractivity contribution in [1.82, 2.24) is 9.97 Å². The van der Waals surface area contributed by atoms with Gasteiger partial charge in [0.15, 0.2) is 0 Å². The highest BCUT2D eigenvalue weighted by molar-refractivity contribution is 9.10. The van der Waals surface area contributed by atoms with Gasteiger partial charge < -0.3 is 4.74 Å². The van der Waals surface area contributed by atoms with Crippen LogP contribution in [-0.2, 0) is 0 Å². The van der Waals surface area contributed by atoms with Crippen molar-refractivity contribution in [2.75, 3.05) is 0 Å². The lowest BCUT2D eigenvalue weighted by Crippen LogP contribution is -2.03. The Morgan fingerprint density at radius 2 is 2.18 bits per heavy atom. The lowest BCUT2D eigenvalue weighted by Gasteiger charge is -2.00. The molecular formula is C5H3BrF2N2O. The molecule has 1 aromatic heterocycles. The largest absolute Gasteiger partial charge is 0.415 e. The highest BCUT2D eigenvalue weighted by Gasteiger charge is 2.04. The molecule has 0 bridgehead atoms. The third kappa shape index (κ3) is 2.75. The number of nitrogens with zero attached hydrogens (tertiary/aromatic N) is 2. The summed E-state index contributed by atoms with van der Waals surface area (Å²) in [5.74, 6) is -0.200. The Morgan fingerprint density at radius 1 is 1.45 bits per heavy atom. The first kappa shape index (κ1) is 8.32. The number of rotatable bonds is 2. The molecule has 0 fully saturated rings. The van der Waals surface area contributed by atoms with Gasteiger partial charge in [0.05, 0.1) is 12.4 Å². The van der Waals surface area contributed by atoms with Crippen LogP contribution in [0.3, 0.4) is 0 Å². The molecule has 0 saturated heterocycles. The van der Waals surface area contributed by atoms with Crippen LogP contribution in [0.25, 0.3) is 0 Å². The van der Waals surface area contributed by atoms with E-state index in [0.717, 1.165) is 6.20 Å². The van der Waals surface area contributed by atoms with Gasteiger partial charge in [-0.15, -0.1) is 0 Å². The number of halogens is 3. The van der Waals surface area contributed by atoms with Crippen molar-refractivity contribution in [3.8, 4) is 5.88 Å². The molecular weight excluding hydrogens is 222 g/mol. The van der Waals surface area contributed by atoms with Crippen LogP contribution in [0, 0.1) is 0 Å². The predicted molar refractivity (Wildman–Crippen MR) is 36.4 cm³/mol. The zero-order valence-electron chi connectivity index (χ0n) is 5.17. The molecule has 3 nitrogen and oxygen atoms in total. The molecule has 0 aliphatic rings. The van der Waals surface area contributed by atoms with E-state index in [9.17, 15) is 8.78 Å². The molecule has 60 valence electrons. The van der Waals surface area contributed by atoms with Crippen LogP contribution in [0.2, 0.25) is 0 Å². The molecule has 11 heavy (non-hydrogen) atoms. The monoisotopic (exact) mass is 224 g/mol. The Balaban J connectivity index is 2.71. The van der Waals surface area contributed by atoms with Gasteiger partial charge in [-0.1, -0.05) is 0 Å². The smallest absolute Gasteiger partial charge is 0.388 e. The number of alkyl halides is 2. The van der Waals surface area contributed by atoms with Gasteiger partial charge in [0.25, 0.3) is 0 Å². The van der Waals surface area contributed by atoms with E-state index in [-0.39, 0.29) is 5.88 Å². The summed E-state index contributed by atoms with van der Waals surface area (Å²) in [6.07, 6.45) is 2.48. The molecule has 0 amide bonds. The summed E-state index contributed by atoms with van der Waals surface area (Å²) in [4.78, 5) is 7.13. The van der Waals surface area contributed by atoms with Crippen molar-refractivity contribution in [2.45, 2.75) is 6.61 Å². The van der Waals surface area contributed by atoms with Crippen LogP contribution in [0.1, 0.15) is 0 Å². The van der Waals surface area contributed by atoms with Gasteiger partial charge in [-0.2, -0.15) is 8.78 Å². The molecule has 0 aliphatic heterocycles. The minimum absolute atomic E-state index is 0.200. The van der Waals surface area contributed by atoms with Gasteiger partial charge in [0.1, 0.15) is 4.60 Å². The van der Waals surface area contributed by atoms with Crippen molar-refractivity contribution < 1.29 is 13.5 Å². The normalized spacial score (nSPS) is 10.2. The SMILES string of the molecule is FC(F)Oc1cncc(Br)n1. The first-order valence-corrected chi connectivity index (χ1v) is 3.40. The number of hydrogen-bond acceptors (Lipinski definition) is 3. The topological polar surface area (TPSA) is 35.0 Å². The lowest BCUT2D eigenvalue weighted by atomic mass is 10.7. The van der Waals surface area contributed by atoms with Gasteiger partial charge in [-0.3, -0.25) is 4.98 Å². The van der Waals surface area contributed by atoms with E-state index in [0.29, 0.717) is 4.60 Å². The first-order chi connectivity index (χ1) is 5.18. The van der Waals surface area contributed by atoms with Crippen LogP contribution in [0.5, 0.6) is 5.88 Å². The van der Waals surface area contributed by atoms with E-state index in [2.05, 4.69) is 30.6 Å². The number of aromatic nitrogens is 2. The van der Waals surface area contributed by atoms with E-state index < -0.39 is 6.61 Å². The molecule has 1 aromatic rings. The summed E-state index contributed by atoms with van der Waals surface area (Å²) >= 11 is 2.95. The van der Waals surface area contributed by atoms with Gasteiger partial charge in [0.2, 0.25) is 5.88 Å². The van der Waals surface area contributed by atoms with Crippen molar-refractivity contribution in [3.05, 3.63) is 17.0 Å². The second kappa shape index (κ2) is 3.56. The van der Waals surface area contributed by atoms with E-state index in [1.807, 2.05) is 0 Å². The number of ether oxygens (including phenoxy) is 1. The Labute approximate surface area is 69.5 Å².